The van der Waals surface area contributed by atoms with E-state index in [1.165, 1.54) is 0 Å². The average Bonchev–Trinajstić information content (AvgIpc) is 2.04. The smallest absolute Gasteiger partial charge is 0.229 e. The van der Waals surface area contributed by atoms with E-state index < -0.39 is 0 Å². The van der Waals surface area contributed by atoms with Crippen molar-refractivity contribution in [3.63, 3.8) is 0 Å². The van der Waals surface area contributed by atoms with Gasteiger partial charge in [0.25, 0.3) is 0 Å². The molecule has 0 aromatic carbocycles. The zero-order valence-corrected chi connectivity index (χ0v) is 7.94. The molecule has 0 aliphatic carbocycles. The maximum absolute atomic E-state index is 11.3. The summed E-state index contributed by atoms with van der Waals surface area (Å²) in [7, 11) is 0. The van der Waals surface area contributed by atoms with E-state index in [4.69, 9.17) is 11.6 Å². The van der Waals surface area contributed by atoms with Gasteiger partial charge in [-0.25, -0.2) is 0 Å². The molecule has 0 atom stereocenters. The van der Waals surface area contributed by atoms with Crippen LogP contribution in [0.15, 0.2) is 0 Å². The molecule has 3 heteroatoms. The van der Waals surface area contributed by atoms with Gasteiger partial charge >= 0.3 is 0 Å². The second-order valence-electron chi connectivity index (χ2n) is 4.04. The fraction of sp³-hybridized carbons (Fsp3) is 0.889. The Morgan fingerprint density at radius 2 is 1.83 bits per heavy atom. The maximum atomic E-state index is 11.3. The van der Waals surface area contributed by atoms with Gasteiger partial charge in [0.2, 0.25) is 5.24 Å². The highest BCUT2D eigenvalue weighted by Crippen LogP contribution is 2.39. The SMILES string of the molecule is O=C(Cl)C12CCCN(CCC1)C2. The molecule has 0 aromatic rings. The predicted octanol–water partition coefficient (Wildman–Crippen LogP) is 1.63. The summed E-state index contributed by atoms with van der Waals surface area (Å²) in [5.41, 5.74) is -0.169. The summed E-state index contributed by atoms with van der Waals surface area (Å²) in [6, 6.07) is 0. The molecule has 2 saturated heterocycles. The van der Waals surface area contributed by atoms with Gasteiger partial charge in [0.05, 0.1) is 5.41 Å². The first kappa shape index (κ1) is 8.52. The van der Waals surface area contributed by atoms with Crippen LogP contribution in [0, 0.1) is 5.41 Å². The summed E-state index contributed by atoms with van der Waals surface area (Å²) in [5, 5.41) is -0.105. The van der Waals surface area contributed by atoms with E-state index in [1.54, 1.807) is 0 Å². The zero-order valence-electron chi connectivity index (χ0n) is 7.18. The fourth-order valence-corrected chi connectivity index (χ4v) is 2.77. The van der Waals surface area contributed by atoms with Gasteiger partial charge in [-0.3, -0.25) is 4.79 Å². The molecule has 68 valence electrons. The first-order chi connectivity index (χ1) is 5.73. The standard InChI is InChI=1S/C9H14ClNO/c10-8(12)9-3-1-5-11(7-9)6-2-4-9/h1-7H2. The Bertz CT molecular complexity index is 195. The number of fused-ring (bicyclic) bond motifs is 2. The number of carbonyl (C=O) groups is 1. The van der Waals surface area contributed by atoms with Crippen molar-refractivity contribution in [3.05, 3.63) is 0 Å². The first-order valence-electron chi connectivity index (χ1n) is 4.65. The molecule has 2 aliphatic heterocycles. The molecule has 2 heterocycles. The van der Waals surface area contributed by atoms with Crippen molar-refractivity contribution in [1.29, 1.82) is 0 Å². The highest BCUT2D eigenvalue weighted by Gasteiger charge is 2.43. The molecule has 2 nitrogen and oxygen atoms in total. The van der Waals surface area contributed by atoms with Crippen molar-refractivity contribution in [2.45, 2.75) is 25.7 Å². The van der Waals surface area contributed by atoms with Gasteiger partial charge in [-0.2, -0.15) is 0 Å². The molecular weight excluding hydrogens is 174 g/mol. The quantitative estimate of drug-likeness (QED) is 0.582. The van der Waals surface area contributed by atoms with Crippen LogP contribution in [0.3, 0.4) is 0 Å². The van der Waals surface area contributed by atoms with Gasteiger partial charge in [0.15, 0.2) is 0 Å². The highest BCUT2D eigenvalue weighted by molar-refractivity contribution is 6.64. The monoisotopic (exact) mass is 187 g/mol. The Labute approximate surface area is 77.9 Å². The van der Waals surface area contributed by atoms with Crippen molar-refractivity contribution in [1.82, 2.24) is 4.90 Å². The van der Waals surface area contributed by atoms with Crippen molar-refractivity contribution < 1.29 is 4.79 Å². The molecule has 2 fully saturated rings. The summed E-state index contributed by atoms with van der Waals surface area (Å²) in [4.78, 5) is 13.6. The average molecular weight is 188 g/mol. The van der Waals surface area contributed by atoms with E-state index in [0.717, 1.165) is 45.3 Å². The van der Waals surface area contributed by atoms with Crippen LogP contribution in [0.2, 0.25) is 0 Å². The fourth-order valence-electron chi connectivity index (χ4n) is 2.52. The molecule has 0 radical (unpaired) electrons. The molecule has 2 bridgehead atoms. The van der Waals surface area contributed by atoms with E-state index in [9.17, 15) is 4.79 Å². The molecule has 0 aromatic heterocycles. The molecule has 2 aliphatic rings. The largest absolute Gasteiger partial charge is 0.302 e. The Balaban J connectivity index is 2.17. The number of halogens is 1. The minimum Gasteiger partial charge on any atom is -0.302 e. The van der Waals surface area contributed by atoms with Crippen LogP contribution in [0.25, 0.3) is 0 Å². The van der Waals surface area contributed by atoms with Gasteiger partial charge in [-0.15, -0.1) is 0 Å². The number of piperidine rings is 2. The third-order valence-electron chi connectivity index (χ3n) is 3.20. The molecule has 2 rings (SSSR count). The van der Waals surface area contributed by atoms with Gasteiger partial charge in [0.1, 0.15) is 0 Å². The molecule has 0 unspecified atom stereocenters. The number of hydrogen-bond donors (Lipinski definition) is 0. The van der Waals surface area contributed by atoms with Crippen molar-refractivity contribution in [2.24, 2.45) is 5.41 Å². The first-order valence-corrected chi connectivity index (χ1v) is 5.03. The Hall–Kier alpha value is -0.0800. The topological polar surface area (TPSA) is 20.3 Å². The second-order valence-corrected chi connectivity index (χ2v) is 4.38. The summed E-state index contributed by atoms with van der Waals surface area (Å²) >= 11 is 5.65. The summed E-state index contributed by atoms with van der Waals surface area (Å²) in [6.07, 6.45) is 4.29. The minimum atomic E-state index is -0.169. The van der Waals surface area contributed by atoms with E-state index >= 15 is 0 Å². The van der Waals surface area contributed by atoms with Crippen molar-refractivity contribution in [3.8, 4) is 0 Å². The van der Waals surface area contributed by atoms with Crippen LogP contribution < -0.4 is 0 Å². The lowest BCUT2D eigenvalue weighted by Crippen LogP contribution is -2.50. The lowest BCUT2D eigenvalue weighted by molar-refractivity contribution is -0.126. The maximum Gasteiger partial charge on any atom is 0.229 e. The third-order valence-corrected chi connectivity index (χ3v) is 3.60. The zero-order chi connectivity index (χ0) is 8.60. The van der Waals surface area contributed by atoms with E-state index in [-0.39, 0.29) is 10.7 Å². The number of carbonyl (C=O) groups excluding carboxylic acids is 1. The number of nitrogens with zero attached hydrogens (tertiary/aromatic N) is 1. The van der Waals surface area contributed by atoms with Crippen LogP contribution in [0.4, 0.5) is 0 Å². The van der Waals surface area contributed by atoms with Gasteiger partial charge in [-0.1, -0.05) is 0 Å². The van der Waals surface area contributed by atoms with Crippen molar-refractivity contribution >= 4 is 16.8 Å². The number of rotatable bonds is 1. The Morgan fingerprint density at radius 1 is 1.25 bits per heavy atom. The minimum absolute atomic E-state index is 0.105. The van der Waals surface area contributed by atoms with E-state index in [2.05, 4.69) is 4.90 Å². The third kappa shape index (κ3) is 1.27. The Kier molecular flexibility index (Phi) is 2.13. The van der Waals surface area contributed by atoms with Crippen LogP contribution >= 0.6 is 11.6 Å². The Morgan fingerprint density at radius 3 is 2.25 bits per heavy atom. The van der Waals surface area contributed by atoms with Crippen LogP contribution in [-0.2, 0) is 4.79 Å². The summed E-state index contributed by atoms with van der Waals surface area (Å²) in [5.74, 6) is 0. The lowest BCUT2D eigenvalue weighted by atomic mass is 9.75. The normalized spacial score (nSPS) is 40.9. The van der Waals surface area contributed by atoms with Crippen LogP contribution in [0.5, 0.6) is 0 Å². The number of hydrogen-bond acceptors (Lipinski definition) is 2. The van der Waals surface area contributed by atoms with Gasteiger partial charge in [0, 0.05) is 6.54 Å². The summed E-state index contributed by atoms with van der Waals surface area (Å²) < 4.78 is 0. The van der Waals surface area contributed by atoms with Gasteiger partial charge in [-0.05, 0) is 50.4 Å². The molecular formula is C9H14ClNO. The second kappa shape index (κ2) is 3.00. The van der Waals surface area contributed by atoms with Crippen molar-refractivity contribution in [2.75, 3.05) is 19.6 Å². The lowest BCUT2D eigenvalue weighted by Gasteiger charge is -2.44. The van der Waals surface area contributed by atoms with Crippen LogP contribution in [-0.4, -0.2) is 29.8 Å². The summed E-state index contributed by atoms with van der Waals surface area (Å²) in [6.45, 7) is 3.23. The van der Waals surface area contributed by atoms with E-state index in [0.29, 0.717) is 0 Å². The van der Waals surface area contributed by atoms with E-state index in [1.807, 2.05) is 0 Å². The van der Waals surface area contributed by atoms with Crippen LogP contribution in [0.1, 0.15) is 25.7 Å². The highest BCUT2D eigenvalue weighted by atomic mass is 35.5. The molecule has 0 amide bonds. The molecule has 0 spiro atoms. The predicted molar refractivity (Wildman–Crippen MR) is 48.2 cm³/mol. The molecule has 0 saturated carbocycles. The van der Waals surface area contributed by atoms with Gasteiger partial charge < -0.3 is 4.90 Å². The molecule has 12 heavy (non-hydrogen) atoms. The molecule has 0 N–H and O–H groups in total.